The van der Waals surface area contributed by atoms with E-state index in [2.05, 4.69) is 18.7 Å². The number of aliphatic hydroxyl groups is 1. The minimum Gasteiger partial charge on any atom is -0.478 e. The SMILES string of the molecule is CCN(CC)CC(C)OC(=O)[C@@H]1CCCC[C@@]1(O)C1CCCCC1.O=C(O)/C=C/C(=O)O. The molecule has 3 atom stereocenters. The van der Waals surface area contributed by atoms with Gasteiger partial charge in [0.1, 0.15) is 6.10 Å². The summed E-state index contributed by atoms with van der Waals surface area (Å²) in [5, 5.41) is 27.0. The van der Waals surface area contributed by atoms with Gasteiger partial charge >= 0.3 is 17.9 Å². The second-order valence-electron chi connectivity index (χ2n) is 8.87. The number of hydrogen-bond donors (Lipinski definition) is 3. The second kappa shape index (κ2) is 14.3. The van der Waals surface area contributed by atoms with E-state index in [0.717, 1.165) is 58.2 Å². The molecule has 184 valence electrons. The third-order valence-corrected chi connectivity index (χ3v) is 6.62. The van der Waals surface area contributed by atoms with Gasteiger partial charge in [0.15, 0.2) is 0 Å². The van der Waals surface area contributed by atoms with Crippen molar-refractivity contribution in [2.24, 2.45) is 11.8 Å². The Morgan fingerprint density at radius 3 is 2.00 bits per heavy atom. The van der Waals surface area contributed by atoms with E-state index in [1.165, 1.54) is 19.3 Å². The van der Waals surface area contributed by atoms with Gasteiger partial charge in [-0.25, -0.2) is 9.59 Å². The molecule has 0 heterocycles. The van der Waals surface area contributed by atoms with Gasteiger partial charge in [0, 0.05) is 18.7 Å². The molecule has 0 aromatic carbocycles. The summed E-state index contributed by atoms with van der Waals surface area (Å²) < 4.78 is 5.77. The lowest BCUT2D eigenvalue weighted by molar-refractivity contribution is -0.176. The zero-order chi connectivity index (χ0) is 24.1. The summed E-state index contributed by atoms with van der Waals surface area (Å²) in [6.07, 6.45) is 10.4. The van der Waals surface area contributed by atoms with Crippen molar-refractivity contribution in [1.29, 1.82) is 0 Å². The van der Waals surface area contributed by atoms with Crippen LogP contribution in [0.2, 0.25) is 0 Å². The highest BCUT2D eigenvalue weighted by Crippen LogP contribution is 2.45. The largest absolute Gasteiger partial charge is 0.478 e. The van der Waals surface area contributed by atoms with Crippen molar-refractivity contribution in [3.05, 3.63) is 12.2 Å². The van der Waals surface area contributed by atoms with Gasteiger partial charge in [0.25, 0.3) is 0 Å². The van der Waals surface area contributed by atoms with Crippen molar-refractivity contribution >= 4 is 17.9 Å². The number of ether oxygens (including phenoxy) is 1. The van der Waals surface area contributed by atoms with Crippen LogP contribution in [0.1, 0.15) is 78.6 Å². The van der Waals surface area contributed by atoms with Crippen LogP contribution in [-0.4, -0.2) is 69.5 Å². The fourth-order valence-corrected chi connectivity index (χ4v) is 4.90. The van der Waals surface area contributed by atoms with Crippen molar-refractivity contribution in [3.8, 4) is 0 Å². The van der Waals surface area contributed by atoms with Gasteiger partial charge in [0.05, 0.1) is 11.5 Å². The van der Waals surface area contributed by atoms with Gasteiger partial charge in [-0.15, -0.1) is 0 Å². The van der Waals surface area contributed by atoms with Crippen LogP contribution in [0.5, 0.6) is 0 Å². The van der Waals surface area contributed by atoms with Crippen molar-refractivity contribution in [3.63, 3.8) is 0 Å². The van der Waals surface area contributed by atoms with E-state index in [-0.39, 0.29) is 23.9 Å². The molecule has 0 bridgehead atoms. The fourth-order valence-electron chi connectivity index (χ4n) is 4.90. The first-order valence-electron chi connectivity index (χ1n) is 11.9. The van der Waals surface area contributed by atoms with Gasteiger partial charge in [-0.2, -0.15) is 0 Å². The summed E-state index contributed by atoms with van der Waals surface area (Å²) in [5.41, 5.74) is -0.829. The van der Waals surface area contributed by atoms with E-state index in [1.54, 1.807) is 0 Å². The van der Waals surface area contributed by atoms with Crippen LogP contribution in [0.4, 0.5) is 0 Å². The molecule has 0 radical (unpaired) electrons. The molecule has 1 unspecified atom stereocenters. The first-order valence-corrected chi connectivity index (χ1v) is 11.9. The van der Waals surface area contributed by atoms with Crippen molar-refractivity contribution < 1.29 is 34.4 Å². The summed E-state index contributed by atoms with van der Waals surface area (Å²) >= 11 is 0. The number of esters is 1. The number of rotatable bonds is 9. The molecule has 2 aliphatic carbocycles. The molecule has 0 amide bonds. The lowest BCUT2D eigenvalue weighted by atomic mass is 9.64. The lowest BCUT2D eigenvalue weighted by Crippen LogP contribution is -2.52. The summed E-state index contributed by atoms with van der Waals surface area (Å²) in [4.78, 5) is 34.2. The van der Waals surface area contributed by atoms with E-state index < -0.39 is 17.5 Å². The van der Waals surface area contributed by atoms with E-state index in [0.29, 0.717) is 12.2 Å². The molecule has 2 aliphatic rings. The van der Waals surface area contributed by atoms with Crippen LogP contribution in [-0.2, 0) is 19.1 Å². The van der Waals surface area contributed by atoms with Crippen LogP contribution >= 0.6 is 0 Å². The molecule has 2 rings (SSSR count). The molecule has 2 saturated carbocycles. The average molecular weight is 456 g/mol. The minimum absolute atomic E-state index is 0.116. The van der Waals surface area contributed by atoms with Crippen molar-refractivity contribution in [2.45, 2.75) is 90.3 Å². The summed E-state index contributed by atoms with van der Waals surface area (Å²) in [7, 11) is 0. The number of carbonyl (C=O) groups is 3. The molecule has 32 heavy (non-hydrogen) atoms. The first kappa shape index (κ1) is 28.1. The Kier molecular flexibility index (Phi) is 12.5. The number of carbonyl (C=O) groups excluding carboxylic acids is 1. The highest BCUT2D eigenvalue weighted by molar-refractivity contribution is 5.89. The van der Waals surface area contributed by atoms with Gasteiger partial charge < -0.3 is 25.0 Å². The van der Waals surface area contributed by atoms with E-state index in [4.69, 9.17) is 14.9 Å². The van der Waals surface area contributed by atoms with Crippen LogP contribution < -0.4 is 0 Å². The number of nitrogens with zero attached hydrogens (tertiary/aromatic N) is 1. The monoisotopic (exact) mass is 455 g/mol. The Bertz CT molecular complexity index is 610. The third kappa shape index (κ3) is 9.28. The van der Waals surface area contributed by atoms with E-state index >= 15 is 0 Å². The molecule has 0 aromatic rings. The zero-order valence-electron chi connectivity index (χ0n) is 19.8. The molecule has 0 aliphatic heterocycles. The minimum atomic E-state index is -1.26. The molecule has 8 heteroatoms. The Labute approximate surface area is 191 Å². The van der Waals surface area contributed by atoms with Gasteiger partial charge in [-0.3, -0.25) is 4.79 Å². The highest BCUT2D eigenvalue weighted by Gasteiger charge is 2.49. The van der Waals surface area contributed by atoms with Crippen LogP contribution in [0.25, 0.3) is 0 Å². The summed E-state index contributed by atoms with van der Waals surface area (Å²) in [6, 6.07) is 0. The number of aliphatic carboxylic acids is 2. The highest BCUT2D eigenvalue weighted by atomic mass is 16.5. The number of carboxylic acid groups (broad SMARTS) is 2. The van der Waals surface area contributed by atoms with Gasteiger partial charge in [-0.1, -0.05) is 46.0 Å². The fraction of sp³-hybridized carbons (Fsp3) is 0.792. The molecule has 2 fully saturated rings. The molecular formula is C24H41NO7. The number of hydrogen-bond acceptors (Lipinski definition) is 6. The molecule has 0 aromatic heterocycles. The molecule has 3 N–H and O–H groups in total. The molecule has 8 nitrogen and oxygen atoms in total. The van der Waals surface area contributed by atoms with Crippen LogP contribution in [0.3, 0.4) is 0 Å². The molecule has 0 saturated heterocycles. The standard InChI is InChI=1S/C20H37NO3.C4H4O4/c1-4-21(5-2)15-16(3)24-19(22)18-13-9-10-14-20(18,23)17-11-7-6-8-12-17;5-3(6)1-2-4(7)8/h16-18,23H,4-15H2,1-3H3;1-2H,(H,5,6)(H,7,8)/b;2-1+/t16?,18-,20+;/m0./s1. The van der Waals surface area contributed by atoms with Gasteiger partial charge in [0.2, 0.25) is 0 Å². The summed E-state index contributed by atoms with van der Waals surface area (Å²) in [6.45, 7) is 8.93. The van der Waals surface area contributed by atoms with Crippen LogP contribution in [0, 0.1) is 11.8 Å². The zero-order valence-corrected chi connectivity index (χ0v) is 19.8. The van der Waals surface area contributed by atoms with E-state index in [9.17, 15) is 19.5 Å². The Morgan fingerprint density at radius 1 is 0.969 bits per heavy atom. The maximum Gasteiger partial charge on any atom is 0.328 e. The van der Waals surface area contributed by atoms with Crippen molar-refractivity contribution in [2.75, 3.05) is 19.6 Å². The predicted octanol–water partition coefficient (Wildman–Crippen LogP) is 3.47. The Morgan fingerprint density at radius 2 is 1.50 bits per heavy atom. The lowest BCUT2D eigenvalue weighted by Gasteiger charge is -2.45. The average Bonchev–Trinajstić information content (AvgIpc) is 2.77. The quantitative estimate of drug-likeness (QED) is 0.357. The second-order valence-corrected chi connectivity index (χ2v) is 8.87. The topological polar surface area (TPSA) is 124 Å². The Balaban J connectivity index is 0.000000547. The number of likely N-dealkylation sites (N-methyl/N-ethyl adjacent to an activating group) is 1. The first-order chi connectivity index (χ1) is 15.1. The normalized spacial score (nSPS) is 25.1. The smallest absolute Gasteiger partial charge is 0.328 e. The maximum atomic E-state index is 12.8. The molecular weight excluding hydrogens is 414 g/mol. The van der Waals surface area contributed by atoms with E-state index in [1.807, 2.05) is 6.92 Å². The summed E-state index contributed by atoms with van der Waals surface area (Å²) in [5.74, 6) is -2.72. The van der Waals surface area contributed by atoms with Crippen LogP contribution in [0.15, 0.2) is 12.2 Å². The predicted molar refractivity (Wildman–Crippen MR) is 121 cm³/mol. The third-order valence-electron chi connectivity index (χ3n) is 6.62. The molecule has 0 spiro atoms. The van der Waals surface area contributed by atoms with Gasteiger partial charge in [-0.05, 0) is 51.6 Å². The van der Waals surface area contributed by atoms with Crippen molar-refractivity contribution in [1.82, 2.24) is 4.90 Å². The Hall–Kier alpha value is -1.93. The number of carboxylic acids is 2. The maximum absolute atomic E-state index is 12.8.